The molecule has 0 saturated carbocycles. The molecule has 1 rings (SSSR count). The van der Waals surface area contributed by atoms with Gasteiger partial charge in [-0.25, -0.2) is 4.79 Å². The van der Waals surface area contributed by atoms with Gasteiger partial charge in [-0.2, -0.15) is 11.8 Å². The Hall–Kier alpha value is -3.19. The molecule has 0 aliphatic rings. The van der Waals surface area contributed by atoms with E-state index in [2.05, 4.69) is 16.6 Å². The second-order valence-electron chi connectivity index (χ2n) is 9.85. The summed E-state index contributed by atoms with van der Waals surface area (Å²) in [6.07, 6.45) is 8.69. The number of benzene rings is 1. The number of nitrogens with one attached hydrogen (secondary N) is 2. The maximum Gasteiger partial charge on any atom is 0.408 e. The average molecular weight is 562 g/mol. The number of carbonyl (C=O) groups excluding carboxylic acids is 4. The molecule has 39 heavy (non-hydrogen) atoms. The van der Waals surface area contributed by atoms with Crippen molar-refractivity contribution in [1.82, 2.24) is 15.5 Å². The van der Waals surface area contributed by atoms with Crippen LogP contribution in [0.15, 0.2) is 24.3 Å². The fourth-order valence-electron chi connectivity index (χ4n) is 3.77. The summed E-state index contributed by atoms with van der Waals surface area (Å²) in [5, 5.41) is 5.48. The lowest BCUT2D eigenvalue weighted by atomic mass is 9.97. The summed E-state index contributed by atoms with van der Waals surface area (Å²) >= 11 is 1.54. The van der Waals surface area contributed by atoms with E-state index in [1.807, 2.05) is 13.2 Å². The highest BCUT2D eigenvalue weighted by molar-refractivity contribution is 7.98. The van der Waals surface area contributed by atoms with Crippen molar-refractivity contribution in [2.45, 2.75) is 78.0 Å². The van der Waals surface area contributed by atoms with Crippen LogP contribution in [-0.2, 0) is 23.9 Å². The summed E-state index contributed by atoms with van der Waals surface area (Å²) < 4.78 is 10.4. The minimum atomic E-state index is -1.07. The van der Waals surface area contributed by atoms with Crippen molar-refractivity contribution in [2.24, 2.45) is 0 Å². The number of nitrogens with zero attached hydrogens (tertiary/aromatic N) is 1. The summed E-state index contributed by atoms with van der Waals surface area (Å²) in [7, 11) is 0. The van der Waals surface area contributed by atoms with Gasteiger partial charge in [-0.1, -0.05) is 37.5 Å². The third kappa shape index (κ3) is 12.0. The van der Waals surface area contributed by atoms with Gasteiger partial charge in [0.25, 0.3) is 0 Å². The van der Waals surface area contributed by atoms with Crippen molar-refractivity contribution in [2.75, 3.05) is 31.7 Å². The summed E-state index contributed by atoms with van der Waals surface area (Å²) in [6.45, 7) is 9.46. The standard InChI is InChI=1S/C29H43N3O6S/c1-8-11-19-32(27(35)23(17-20-39-7)31-28(36)38-29(4,5)6)25(22-15-13-12-14-21(22)9-2)26(34)30-18-16-24(33)37-10-3/h2,12-15,23,25H,8,10-11,16-20H2,1,3-7H3,(H,30,34)(H,31,36). The molecule has 0 radical (unpaired) electrons. The molecule has 0 aliphatic carbocycles. The Balaban J connectivity index is 3.46. The lowest BCUT2D eigenvalue weighted by Gasteiger charge is -2.35. The molecule has 2 N–H and O–H groups in total. The first-order valence-corrected chi connectivity index (χ1v) is 14.7. The number of terminal acetylenes is 1. The second-order valence-corrected chi connectivity index (χ2v) is 10.8. The molecule has 0 aliphatic heterocycles. The van der Waals surface area contributed by atoms with E-state index in [1.165, 1.54) is 16.7 Å². The Morgan fingerprint density at radius 3 is 2.44 bits per heavy atom. The number of hydrogen-bond donors (Lipinski definition) is 2. The molecule has 10 heteroatoms. The Morgan fingerprint density at radius 2 is 1.85 bits per heavy atom. The highest BCUT2D eigenvalue weighted by Crippen LogP contribution is 2.27. The number of rotatable bonds is 15. The lowest BCUT2D eigenvalue weighted by Crippen LogP contribution is -2.53. The first-order valence-electron chi connectivity index (χ1n) is 13.3. The van der Waals surface area contributed by atoms with Gasteiger partial charge in [0, 0.05) is 18.7 Å². The van der Waals surface area contributed by atoms with Gasteiger partial charge in [-0.15, -0.1) is 6.42 Å². The van der Waals surface area contributed by atoms with Crippen molar-refractivity contribution in [3.05, 3.63) is 35.4 Å². The van der Waals surface area contributed by atoms with Crippen LogP contribution in [0.25, 0.3) is 0 Å². The molecular formula is C29H43N3O6S. The molecule has 1 aromatic rings. The normalized spacial score (nSPS) is 12.4. The molecule has 3 amide bonds. The Morgan fingerprint density at radius 1 is 1.15 bits per heavy atom. The zero-order valence-electron chi connectivity index (χ0n) is 24.0. The first kappa shape index (κ1) is 33.8. The van der Waals surface area contributed by atoms with E-state index in [0.717, 1.165) is 6.42 Å². The second kappa shape index (κ2) is 17.4. The van der Waals surface area contributed by atoms with Crippen molar-refractivity contribution < 1.29 is 28.7 Å². The smallest absolute Gasteiger partial charge is 0.408 e. The fraction of sp³-hybridized carbons (Fsp3) is 0.586. The minimum absolute atomic E-state index is 0.0114. The molecular weight excluding hydrogens is 518 g/mol. The SMILES string of the molecule is C#Cc1ccccc1C(C(=O)NCCC(=O)OCC)N(CCCC)C(=O)C(CCSC)NC(=O)OC(C)(C)C. The van der Waals surface area contributed by atoms with Crippen LogP contribution < -0.4 is 10.6 Å². The molecule has 0 saturated heterocycles. The first-order chi connectivity index (χ1) is 18.5. The number of unbranched alkanes of at least 4 members (excludes halogenated alkanes) is 1. The van der Waals surface area contributed by atoms with Crippen molar-refractivity contribution in [3.8, 4) is 12.3 Å². The summed E-state index contributed by atoms with van der Waals surface area (Å²) in [5.74, 6) is 1.88. The Kier molecular flexibility index (Phi) is 15.1. The third-order valence-electron chi connectivity index (χ3n) is 5.54. The highest BCUT2D eigenvalue weighted by atomic mass is 32.2. The largest absolute Gasteiger partial charge is 0.466 e. The third-order valence-corrected chi connectivity index (χ3v) is 6.18. The van der Waals surface area contributed by atoms with Crippen molar-refractivity contribution >= 4 is 35.6 Å². The van der Waals surface area contributed by atoms with Gasteiger partial charge in [0.05, 0.1) is 13.0 Å². The molecule has 2 unspecified atom stereocenters. The van der Waals surface area contributed by atoms with E-state index in [0.29, 0.717) is 29.7 Å². The molecule has 0 bridgehead atoms. The van der Waals surface area contributed by atoms with Crippen LogP contribution in [0.2, 0.25) is 0 Å². The monoisotopic (exact) mass is 561 g/mol. The van der Waals surface area contributed by atoms with Crippen LogP contribution in [0.5, 0.6) is 0 Å². The number of amides is 3. The quantitative estimate of drug-likeness (QED) is 0.245. The number of carbonyl (C=O) groups is 4. The molecule has 1 aromatic carbocycles. The number of thioether (sulfide) groups is 1. The van der Waals surface area contributed by atoms with Crippen molar-refractivity contribution in [1.29, 1.82) is 0 Å². The Labute approximate surface area is 237 Å². The molecule has 9 nitrogen and oxygen atoms in total. The zero-order valence-corrected chi connectivity index (χ0v) is 24.8. The van der Waals surface area contributed by atoms with Gasteiger partial charge in [0.1, 0.15) is 17.7 Å². The van der Waals surface area contributed by atoms with E-state index in [-0.39, 0.29) is 26.1 Å². The van der Waals surface area contributed by atoms with E-state index < -0.39 is 41.6 Å². The van der Waals surface area contributed by atoms with Crippen LogP contribution in [0.4, 0.5) is 4.79 Å². The van der Waals surface area contributed by atoms with Crippen LogP contribution in [0.3, 0.4) is 0 Å². The fourth-order valence-corrected chi connectivity index (χ4v) is 4.24. The van der Waals surface area contributed by atoms with Crippen LogP contribution in [-0.4, -0.2) is 72.1 Å². The Bertz CT molecular complexity index is 1000. The molecule has 0 spiro atoms. The molecule has 0 fully saturated rings. The van der Waals surface area contributed by atoms with Gasteiger partial charge in [-0.3, -0.25) is 14.4 Å². The summed E-state index contributed by atoms with van der Waals surface area (Å²) in [6, 6.07) is 4.95. The lowest BCUT2D eigenvalue weighted by molar-refractivity contribution is -0.144. The van der Waals surface area contributed by atoms with Gasteiger partial charge in [0.15, 0.2) is 0 Å². The molecule has 0 heterocycles. The van der Waals surface area contributed by atoms with Gasteiger partial charge in [-0.05, 0) is 64.2 Å². The van der Waals surface area contributed by atoms with Gasteiger partial charge >= 0.3 is 12.1 Å². The summed E-state index contributed by atoms with van der Waals surface area (Å²) in [5.41, 5.74) is 0.212. The average Bonchev–Trinajstić information content (AvgIpc) is 2.87. The van der Waals surface area contributed by atoms with E-state index >= 15 is 0 Å². The minimum Gasteiger partial charge on any atom is -0.466 e. The predicted molar refractivity (Wildman–Crippen MR) is 154 cm³/mol. The number of hydrogen-bond acceptors (Lipinski definition) is 7. The van der Waals surface area contributed by atoms with E-state index in [4.69, 9.17) is 15.9 Å². The van der Waals surface area contributed by atoms with Crippen LogP contribution >= 0.6 is 11.8 Å². The summed E-state index contributed by atoms with van der Waals surface area (Å²) in [4.78, 5) is 53.7. The molecule has 2 atom stereocenters. The number of ether oxygens (including phenoxy) is 2. The van der Waals surface area contributed by atoms with Gasteiger partial charge < -0.3 is 25.0 Å². The highest BCUT2D eigenvalue weighted by Gasteiger charge is 2.36. The van der Waals surface area contributed by atoms with Crippen LogP contribution in [0.1, 0.15) is 77.5 Å². The maximum atomic E-state index is 14.1. The predicted octanol–water partition coefficient (Wildman–Crippen LogP) is 4.05. The van der Waals surface area contributed by atoms with Crippen molar-refractivity contribution in [3.63, 3.8) is 0 Å². The van der Waals surface area contributed by atoms with Crippen LogP contribution in [0, 0.1) is 12.3 Å². The van der Waals surface area contributed by atoms with E-state index in [1.54, 1.807) is 52.0 Å². The molecule has 0 aromatic heterocycles. The maximum absolute atomic E-state index is 14.1. The zero-order chi connectivity index (χ0) is 29.4. The van der Waals surface area contributed by atoms with E-state index in [9.17, 15) is 19.2 Å². The molecule has 216 valence electrons. The number of esters is 1. The van der Waals surface area contributed by atoms with Gasteiger partial charge in [0.2, 0.25) is 11.8 Å². The number of alkyl carbamates (subject to hydrolysis) is 1. The topological polar surface area (TPSA) is 114 Å².